The van der Waals surface area contributed by atoms with Gasteiger partial charge in [-0.25, -0.2) is 4.98 Å². The Balaban J connectivity index is 1.64. The molecule has 0 saturated carbocycles. The average Bonchev–Trinajstić information content (AvgIpc) is 2.87. The first-order valence-corrected chi connectivity index (χ1v) is 7.96. The summed E-state index contributed by atoms with van der Waals surface area (Å²) in [5.41, 5.74) is 5.00. The first-order chi connectivity index (χ1) is 9.90. The fraction of sp³-hybridized carbons (Fsp3) is 0.500. The molecule has 2 aliphatic rings. The number of aromatic nitrogens is 2. The normalized spacial score (nSPS) is 25.0. The van der Waals surface area contributed by atoms with Crippen molar-refractivity contribution in [3.63, 3.8) is 0 Å². The Kier molecular flexibility index (Phi) is 3.10. The summed E-state index contributed by atoms with van der Waals surface area (Å²) in [4.78, 5) is 4.17. The third-order valence-corrected chi connectivity index (χ3v) is 5.10. The van der Waals surface area contributed by atoms with Crippen molar-refractivity contribution < 1.29 is 0 Å². The highest BCUT2D eigenvalue weighted by Crippen LogP contribution is 2.42. The molecule has 2 aliphatic carbocycles. The topological polar surface area (TPSA) is 17.8 Å². The summed E-state index contributed by atoms with van der Waals surface area (Å²) in [7, 11) is 0. The van der Waals surface area contributed by atoms with E-state index in [9.17, 15) is 0 Å². The fourth-order valence-electron chi connectivity index (χ4n) is 4.30. The Bertz CT molecular complexity index is 585. The van der Waals surface area contributed by atoms with E-state index in [2.05, 4.69) is 33.9 Å². The van der Waals surface area contributed by atoms with Gasteiger partial charge in [-0.3, -0.25) is 0 Å². The van der Waals surface area contributed by atoms with Gasteiger partial charge in [0.05, 0.1) is 6.33 Å². The molecule has 0 amide bonds. The van der Waals surface area contributed by atoms with Crippen LogP contribution in [0.2, 0.25) is 0 Å². The lowest BCUT2D eigenvalue weighted by atomic mass is 9.74. The van der Waals surface area contributed by atoms with E-state index >= 15 is 0 Å². The maximum Gasteiger partial charge on any atom is 0.0945 e. The number of aryl methyl sites for hydroxylation is 1. The van der Waals surface area contributed by atoms with Crippen molar-refractivity contribution in [1.82, 2.24) is 9.55 Å². The molecule has 1 aromatic heterocycles. The van der Waals surface area contributed by atoms with Crippen LogP contribution in [0.3, 0.4) is 0 Å². The molecule has 2 aromatic rings. The number of rotatable bonds is 2. The summed E-state index contributed by atoms with van der Waals surface area (Å²) < 4.78 is 2.25. The Morgan fingerprint density at radius 3 is 3.05 bits per heavy atom. The van der Waals surface area contributed by atoms with Gasteiger partial charge in [-0.2, -0.15) is 0 Å². The molecule has 0 spiro atoms. The van der Waals surface area contributed by atoms with E-state index in [1.165, 1.54) is 38.5 Å². The van der Waals surface area contributed by atoms with Crippen LogP contribution in [0.25, 0.3) is 0 Å². The van der Waals surface area contributed by atoms with E-state index in [-0.39, 0.29) is 0 Å². The minimum atomic E-state index is 0.773. The van der Waals surface area contributed by atoms with Gasteiger partial charge in [0.15, 0.2) is 0 Å². The molecule has 0 aliphatic heterocycles. The van der Waals surface area contributed by atoms with Crippen molar-refractivity contribution >= 4 is 0 Å². The van der Waals surface area contributed by atoms with Crippen molar-refractivity contribution in [3.05, 3.63) is 53.6 Å². The monoisotopic (exact) mass is 266 g/mol. The van der Waals surface area contributed by atoms with Crippen molar-refractivity contribution in [3.8, 4) is 0 Å². The van der Waals surface area contributed by atoms with Gasteiger partial charge in [0, 0.05) is 18.9 Å². The van der Waals surface area contributed by atoms with Gasteiger partial charge in [-0.1, -0.05) is 24.6 Å². The van der Waals surface area contributed by atoms with Gasteiger partial charge >= 0.3 is 0 Å². The van der Waals surface area contributed by atoms with Gasteiger partial charge in [-0.15, -0.1) is 0 Å². The zero-order valence-electron chi connectivity index (χ0n) is 12.0. The van der Waals surface area contributed by atoms with Gasteiger partial charge in [0.1, 0.15) is 0 Å². The predicted octanol–water partition coefficient (Wildman–Crippen LogP) is 3.96. The van der Waals surface area contributed by atoms with E-state index in [1.54, 1.807) is 16.7 Å². The zero-order chi connectivity index (χ0) is 13.4. The highest BCUT2D eigenvalue weighted by Gasteiger charge is 2.29. The number of nitrogens with zero attached hydrogens (tertiary/aromatic N) is 2. The summed E-state index contributed by atoms with van der Waals surface area (Å²) in [5, 5.41) is 0. The largest absolute Gasteiger partial charge is 0.337 e. The molecule has 1 heterocycles. The molecule has 0 N–H and O–H groups in total. The molecule has 1 aromatic carbocycles. The molecule has 0 radical (unpaired) electrons. The lowest BCUT2D eigenvalue weighted by Gasteiger charge is -2.32. The number of imidazole rings is 1. The predicted molar refractivity (Wildman–Crippen MR) is 80.8 cm³/mol. The molecule has 104 valence electrons. The Labute approximate surface area is 120 Å². The lowest BCUT2D eigenvalue weighted by molar-refractivity contribution is 0.345. The van der Waals surface area contributed by atoms with Crippen LogP contribution in [0.1, 0.15) is 48.3 Å². The third kappa shape index (κ3) is 2.17. The number of hydrogen-bond acceptors (Lipinski definition) is 1. The van der Waals surface area contributed by atoms with Gasteiger partial charge in [0.25, 0.3) is 0 Å². The molecule has 2 nitrogen and oxygen atoms in total. The smallest absolute Gasteiger partial charge is 0.0945 e. The average molecular weight is 266 g/mol. The number of benzene rings is 1. The molecule has 2 atom stereocenters. The first-order valence-electron chi connectivity index (χ1n) is 7.96. The molecule has 0 fully saturated rings. The summed E-state index contributed by atoms with van der Waals surface area (Å²) in [6, 6.07) is 7.01. The quantitative estimate of drug-likeness (QED) is 0.804. The summed E-state index contributed by atoms with van der Waals surface area (Å²) in [5.74, 6) is 1.58. The van der Waals surface area contributed by atoms with Gasteiger partial charge in [0.2, 0.25) is 0 Å². The van der Waals surface area contributed by atoms with E-state index in [0.717, 1.165) is 18.4 Å². The lowest BCUT2D eigenvalue weighted by Crippen LogP contribution is -2.23. The summed E-state index contributed by atoms with van der Waals surface area (Å²) in [6.07, 6.45) is 14.0. The molecule has 0 bridgehead atoms. The van der Waals surface area contributed by atoms with Crippen molar-refractivity contribution in [2.45, 2.75) is 51.0 Å². The molecule has 2 heteroatoms. The third-order valence-electron chi connectivity index (χ3n) is 5.10. The second-order valence-corrected chi connectivity index (χ2v) is 6.50. The molecule has 20 heavy (non-hydrogen) atoms. The fourth-order valence-corrected chi connectivity index (χ4v) is 4.30. The van der Waals surface area contributed by atoms with Crippen LogP contribution in [-0.4, -0.2) is 9.55 Å². The van der Waals surface area contributed by atoms with Crippen LogP contribution in [-0.2, 0) is 19.4 Å². The van der Waals surface area contributed by atoms with Crippen LogP contribution in [0.5, 0.6) is 0 Å². The van der Waals surface area contributed by atoms with E-state index in [4.69, 9.17) is 0 Å². The Morgan fingerprint density at radius 1 is 1.20 bits per heavy atom. The van der Waals surface area contributed by atoms with E-state index in [1.807, 2.05) is 12.5 Å². The van der Waals surface area contributed by atoms with Crippen LogP contribution in [0, 0.1) is 5.92 Å². The van der Waals surface area contributed by atoms with Gasteiger partial charge in [-0.05, 0) is 60.6 Å². The highest BCUT2D eigenvalue weighted by molar-refractivity contribution is 5.41. The maximum atomic E-state index is 4.17. The molecular formula is C18H22N2. The zero-order valence-corrected chi connectivity index (χ0v) is 12.0. The minimum absolute atomic E-state index is 0.773. The minimum Gasteiger partial charge on any atom is -0.337 e. The second-order valence-electron chi connectivity index (χ2n) is 6.50. The second kappa shape index (κ2) is 5.08. The van der Waals surface area contributed by atoms with Crippen molar-refractivity contribution in [1.29, 1.82) is 0 Å². The van der Waals surface area contributed by atoms with Gasteiger partial charge < -0.3 is 4.57 Å². The maximum absolute atomic E-state index is 4.17. The first kappa shape index (κ1) is 12.2. The van der Waals surface area contributed by atoms with Crippen LogP contribution in [0.15, 0.2) is 36.9 Å². The summed E-state index contributed by atoms with van der Waals surface area (Å²) in [6.45, 7) is 1.13. The van der Waals surface area contributed by atoms with Crippen LogP contribution >= 0.6 is 0 Å². The Morgan fingerprint density at radius 2 is 2.15 bits per heavy atom. The van der Waals surface area contributed by atoms with Crippen LogP contribution < -0.4 is 0 Å². The molecular weight excluding hydrogens is 244 g/mol. The molecule has 0 saturated heterocycles. The van der Waals surface area contributed by atoms with Crippen LogP contribution in [0.4, 0.5) is 0 Å². The highest BCUT2D eigenvalue weighted by atomic mass is 15.0. The van der Waals surface area contributed by atoms with E-state index in [0.29, 0.717) is 0 Å². The molecule has 2 unspecified atom stereocenters. The number of hydrogen-bond donors (Lipinski definition) is 0. The van der Waals surface area contributed by atoms with E-state index < -0.39 is 0 Å². The van der Waals surface area contributed by atoms with Crippen molar-refractivity contribution in [2.75, 3.05) is 0 Å². The SMILES string of the molecule is c1cc2c3c(c1)CC(Cn1ccnc1)CC3CCCC2. The molecule has 4 rings (SSSR count). The Hall–Kier alpha value is -1.57. The standard InChI is InChI=1S/C18H22N2/c1-2-5-16-10-14(12-20-9-8-19-13-20)11-17-7-3-6-15(4-1)18(16)17/h3,6-9,13-14,16H,1-2,4-5,10-12H2. The van der Waals surface area contributed by atoms with Crippen molar-refractivity contribution in [2.24, 2.45) is 5.92 Å². The summed E-state index contributed by atoms with van der Waals surface area (Å²) >= 11 is 0.